The van der Waals surface area contributed by atoms with Gasteiger partial charge in [-0.15, -0.1) is 0 Å². The van der Waals surface area contributed by atoms with Gasteiger partial charge in [0.25, 0.3) is 11.6 Å². The molecule has 0 aromatic heterocycles. The Morgan fingerprint density at radius 1 is 1.14 bits per heavy atom. The second kappa shape index (κ2) is 8.05. The van der Waals surface area contributed by atoms with Crippen molar-refractivity contribution in [1.82, 2.24) is 5.32 Å². The number of nitro benzene ring substituents is 1. The van der Waals surface area contributed by atoms with Gasteiger partial charge in [0.1, 0.15) is 11.4 Å². The Morgan fingerprint density at radius 2 is 1.76 bits per heavy atom. The Balaban J connectivity index is 2.59. The first-order valence-electron chi connectivity index (χ1n) is 8.32. The molecule has 0 radical (unpaired) electrons. The van der Waals surface area contributed by atoms with Crippen LogP contribution < -0.4 is 10.2 Å². The molecule has 0 bridgehead atoms. The van der Waals surface area contributed by atoms with Crippen molar-refractivity contribution >= 4 is 29.2 Å². The lowest BCUT2D eigenvalue weighted by Gasteiger charge is -2.30. The van der Waals surface area contributed by atoms with Crippen molar-refractivity contribution in [2.45, 2.75) is 19.4 Å². The average Bonchev–Trinajstić information content (AvgIpc) is 2.65. The van der Waals surface area contributed by atoms with E-state index >= 15 is 0 Å². The molecule has 29 heavy (non-hydrogen) atoms. The first-order chi connectivity index (χ1) is 13.5. The van der Waals surface area contributed by atoms with E-state index in [-0.39, 0.29) is 16.8 Å². The van der Waals surface area contributed by atoms with Gasteiger partial charge >= 0.3 is 6.09 Å². The highest BCUT2D eigenvalue weighted by Crippen LogP contribution is 2.29. The van der Waals surface area contributed by atoms with Gasteiger partial charge in [0, 0.05) is 19.2 Å². The fraction of sp³-hybridized carbons (Fsp3) is 0.211. The normalized spacial score (nSPS) is 10.9. The SMILES string of the molecule is CN(C(=O)C(C)(C)NC(=O)O)c1ccc([N+](=O)[O-])cc1C(=O)c1ccccc1F. The maximum absolute atomic E-state index is 14.1. The van der Waals surface area contributed by atoms with E-state index in [2.05, 4.69) is 5.32 Å². The molecular weight excluding hydrogens is 385 g/mol. The van der Waals surface area contributed by atoms with Crippen LogP contribution in [-0.4, -0.2) is 40.4 Å². The summed E-state index contributed by atoms with van der Waals surface area (Å²) in [5.74, 6) is -2.40. The third-order valence-electron chi connectivity index (χ3n) is 4.17. The summed E-state index contributed by atoms with van der Waals surface area (Å²) in [5, 5.41) is 22.1. The molecule has 0 aliphatic heterocycles. The number of nitro groups is 1. The summed E-state index contributed by atoms with van der Waals surface area (Å²) >= 11 is 0. The van der Waals surface area contributed by atoms with Gasteiger partial charge < -0.3 is 15.3 Å². The maximum Gasteiger partial charge on any atom is 0.405 e. The lowest BCUT2D eigenvalue weighted by molar-refractivity contribution is -0.384. The molecule has 0 fully saturated rings. The van der Waals surface area contributed by atoms with Crippen LogP contribution in [0.25, 0.3) is 0 Å². The molecule has 0 unspecified atom stereocenters. The van der Waals surface area contributed by atoms with Crippen LogP contribution in [0, 0.1) is 15.9 Å². The topological polar surface area (TPSA) is 130 Å². The van der Waals surface area contributed by atoms with Crippen LogP contribution in [-0.2, 0) is 4.79 Å². The molecular formula is C19H18FN3O6. The molecule has 0 spiro atoms. The molecule has 2 amide bonds. The lowest BCUT2D eigenvalue weighted by Crippen LogP contribution is -2.55. The van der Waals surface area contributed by atoms with E-state index in [0.29, 0.717) is 0 Å². The molecule has 0 aliphatic rings. The number of carbonyl (C=O) groups is 3. The molecule has 0 atom stereocenters. The zero-order valence-electron chi connectivity index (χ0n) is 15.8. The number of halogens is 1. The van der Waals surface area contributed by atoms with Crippen LogP contribution in [0.3, 0.4) is 0 Å². The molecule has 10 heteroatoms. The molecule has 0 saturated carbocycles. The molecule has 0 heterocycles. The third-order valence-corrected chi connectivity index (χ3v) is 4.17. The van der Waals surface area contributed by atoms with E-state index in [0.717, 1.165) is 23.1 Å². The van der Waals surface area contributed by atoms with Crippen LogP contribution in [0.4, 0.5) is 20.6 Å². The van der Waals surface area contributed by atoms with E-state index in [9.17, 15) is 28.9 Å². The van der Waals surface area contributed by atoms with Crippen LogP contribution in [0.5, 0.6) is 0 Å². The van der Waals surface area contributed by atoms with E-state index in [1.165, 1.54) is 45.2 Å². The largest absolute Gasteiger partial charge is 0.465 e. The van der Waals surface area contributed by atoms with Crippen molar-refractivity contribution in [3.63, 3.8) is 0 Å². The summed E-state index contributed by atoms with van der Waals surface area (Å²) in [4.78, 5) is 48.0. The van der Waals surface area contributed by atoms with Crippen molar-refractivity contribution in [2.75, 3.05) is 11.9 Å². The number of amides is 2. The number of nitrogens with zero attached hydrogens (tertiary/aromatic N) is 2. The van der Waals surface area contributed by atoms with E-state index < -0.39 is 39.8 Å². The summed E-state index contributed by atoms with van der Waals surface area (Å²) in [6.45, 7) is 2.65. The molecule has 2 rings (SSSR count). The van der Waals surface area contributed by atoms with Crippen molar-refractivity contribution in [3.05, 3.63) is 69.5 Å². The van der Waals surface area contributed by atoms with Gasteiger partial charge in [0.05, 0.1) is 21.7 Å². The van der Waals surface area contributed by atoms with Gasteiger partial charge in [0.15, 0.2) is 5.78 Å². The number of benzene rings is 2. The van der Waals surface area contributed by atoms with E-state index in [4.69, 9.17) is 5.11 Å². The minimum atomic E-state index is -1.55. The summed E-state index contributed by atoms with van der Waals surface area (Å²) in [6, 6.07) is 8.33. The molecule has 152 valence electrons. The van der Waals surface area contributed by atoms with E-state index in [1.807, 2.05) is 0 Å². The maximum atomic E-state index is 14.1. The highest BCUT2D eigenvalue weighted by atomic mass is 19.1. The van der Waals surface area contributed by atoms with Crippen LogP contribution in [0.1, 0.15) is 29.8 Å². The smallest absolute Gasteiger partial charge is 0.405 e. The van der Waals surface area contributed by atoms with Gasteiger partial charge in [-0.1, -0.05) is 12.1 Å². The van der Waals surface area contributed by atoms with Gasteiger partial charge in [-0.3, -0.25) is 19.7 Å². The second-order valence-corrected chi connectivity index (χ2v) is 6.69. The Morgan fingerprint density at radius 3 is 2.31 bits per heavy atom. The lowest BCUT2D eigenvalue weighted by atomic mass is 9.98. The average molecular weight is 403 g/mol. The van der Waals surface area contributed by atoms with Gasteiger partial charge in [0.2, 0.25) is 0 Å². The van der Waals surface area contributed by atoms with Crippen molar-refractivity contribution in [3.8, 4) is 0 Å². The minimum Gasteiger partial charge on any atom is -0.465 e. The Labute approximate surface area is 164 Å². The van der Waals surface area contributed by atoms with Gasteiger partial charge in [-0.25, -0.2) is 9.18 Å². The fourth-order valence-electron chi connectivity index (χ4n) is 2.75. The second-order valence-electron chi connectivity index (χ2n) is 6.69. The van der Waals surface area contributed by atoms with Crippen molar-refractivity contribution in [2.24, 2.45) is 0 Å². The number of hydrogen-bond donors (Lipinski definition) is 2. The zero-order chi connectivity index (χ0) is 21.9. The van der Waals surface area contributed by atoms with Crippen LogP contribution in [0.15, 0.2) is 42.5 Å². The first kappa shape index (κ1) is 21.5. The number of carboxylic acid groups (broad SMARTS) is 1. The van der Waals surface area contributed by atoms with E-state index in [1.54, 1.807) is 0 Å². The first-order valence-corrected chi connectivity index (χ1v) is 8.32. The summed E-state index contributed by atoms with van der Waals surface area (Å²) in [5.41, 5.74) is -2.60. The van der Waals surface area contributed by atoms with Crippen molar-refractivity contribution in [1.29, 1.82) is 0 Å². The standard InChI is InChI=1S/C19H18FN3O6/c1-19(2,21-18(26)27)17(25)22(3)15-9-8-11(23(28)29)10-13(15)16(24)12-6-4-5-7-14(12)20/h4-10,21H,1-3H3,(H,26,27). The van der Waals surface area contributed by atoms with Crippen LogP contribution in [0.2, 0.25) is 0 Å². The third kappa shape index (κ3) is 4.54. The predicted molar refractivity (Wildman–Crippen MR) is 102 cm³/mol. The Bertz CT molecular complexity index is 1010. The number of nitrogens with one attached hydrogen (secondary N) is 1. The molecule has 9 nitrogen and oxygen atoms in total. The molecule has 0 aliphatic carbocycles. The monoisotopic (exact) mass is 403 g/mol. The van der Waals surface area contributed by atoms with Gasteiger partial charge in [-0.2, -0.15) is 0 Å². The highest BCUT2D eigenvalue weighted by Gasteiger charge is 2.34. The zero-order valence-corrected chi connectivity index (χ0v) is 15.8. The number of likely N-dealkylation sites (N-methyl/N-ethyl adjacent to an activating group) is 1. The number of rotatable bonds is 6. The molecule has 2 aromatic rings. The quantitative estimate of drug-likeness (QED) is 0.433. The van der Waals surface area contributed by atoms with Crippen LogP contribution >= 0.6 is 0 Å². The summed E-state index contributed by atoms with van der Waals surface area (Å²) < 4.78 is 14.1. The number of hydrogen-bond acceptors (Lipinski definition) is 5. The number of carbonyl (C=O) groups excluding carboxylic acids is 2. The number of anilines is 1. The molecule has 2 N–H and O–H groups in total. The van der Waals surface area contributed by atoms with Gasteiger partial charge in [-0.05, 0) is 32.0 Å². The molecule has 2 aromatic carbocycles. The Hall–Kier alpha value is -3.82. The Kier molecular flexibility index (Phi) is 5.96. The highest BCUT2D eigenvalue weighted by molar-refractivity contribution is 6.15. The fourth-order valence-corrected chi connectivity index (χ4v) is 2.75. The van der Waals surface area contributed by atoms with Crippen molar-refractivity contribution < 1.29 is 28.8 Å². The summed E-state index contributed by atoms with van der Waals surface area (Å²) in [6.07, 6.45) is -1.43. The molecule has 0 saturated heterocycles. The predicted octanol–water partition coefficient (Wildman–Crippen LogP) is 2.97. The number of ketones is 1. The minimum absolute atomic E-state index is 0.0332. The number of non-ortho nitro benzene ring substituents is 1. The summed E-state index contributed by atoms with van der Waals surface area (Å²) in [7, 11) is 1.28.